The molecule has 17 heavy (non-hydrogen) atoms. The number of ether oxygens (including phenoxy) is 1. The zero-order chi connectivity index (χ0) is 12.1. The lowest BCUT2D eigenvalue weighted by Gasteiger charge is -2.36. The molecule has 1 aliphatic rings. The number of rotatable bonds is 5. The highest BCUT2D eigenvalue weighted by Crippen LogP contribution is 2.26. The maximum Gasteiger partial charge on any atom is 0.0599 e. The number of likely N-dealkylation sites (tertiary alicyclic amines) is 1. The summed E-state index contributed by atoms with van der Waals surface area (Å²) in [7, 11) is 0. The fraction of sp³-hybridized carbons (Fsp3) is 0.692. The van der Waals surface area contributed by atoms with Gasteiger partial charge in [0.2, 0.25) is 0 Å². The number of thiophene rings is 1. The third-order valence-corrected chi connectivity index (χ3v) is 4.17. The van der Waals surface area contributed by atoms with Crippen molar-refractivity contribution in [2.45, 2.75) is 31.9 Å². The predicted octanol–water partition coefficient (Wildman–Crippen LogP) is 2.25. The van der Waals surface area contributed by atoms with Gasteiger partial charge >= 0.3 is 0 Å². The van der Waals surface area contributed by atoms with Crippen LogP contribution in [0.25, 0.3) is 0 Å². The van der Waals surface area contributed by atoms with E-state index in [9.17, 15) is 0 Å². The molecule has 1 aromatic rings. The first kappa shape index (κ1) is 13.0. The molecule has 1 unspecified atom stereocenters. The third-order valence-electron chi connectivity index (χ3n) is 3.47. The molecule has 0 amide bonds. The minimum atomic E-state index is 0.392. The lowest BCUT2D eigenvalue weighted by molar-refractivity contribution is 0.00456. The first-order chi connectivity index (χ1) is 8.35. The summed E-state index contributed by atoms with van der Waals surface area (Å²) in [5, 5.41) is 4.34. The molecular weight excluding hydrogens is 232 g/mol. The summed E-state index contributed by atoms with van der Waals surface area (Å²) >= 11 is 1.75. The fourth-order valence-electron chi connectivity index (χ4n) is 2.55. The van der Waals surface area contributed by atoms with Gasteiger partial charge in [0.1, 0.15) is 0 Å². The fourth-order valence-corrected chi connectivity index (χ4v) is 3.26. The van der Waals surface area contributed by atoms with E-state index < -0.39 is 0 Å². The Morgan fingerprint density at radius 3 is 2.82 bits per heavy atom. The minimum absolute atomic E-state index is 0.392. The van der Waals surface area contributed by atoms with Gasteiger partial charge < -0.3 is 10.5 Å². The number of nitrogens with two attached hydrogens (primary N) is 1. The van der Waals surface area contributed by atoms with Gasteiger partial charge in [0, 0.05) is 32.3 Å². The number of hydrogen-bond acceptors (Lipinski definition) is 4. The Labute approximate surface area is 108 Å². The molecule has 1 saturated heterocycles. The van der Waals surface area contributed by atoms with Crippen LogP contribution in [0.2, 0.25) is 0 Å². The Morgan fingerprint density at radius 2 is 2.29 bits per heavy atom. The molecule has 1 fully saturated rings. The van der Waals surface area contributed by atoms with Crippen LogP contribution in [0.5, 0.6) is 0 Å². The Kier molecular flexibility index (Phi) is 4.98. The van der Waals surface area contributed by atoms with Crippen molar-refractivity contribution in [1.29, 1.82) is 0 Å². The monoisotopic (exact) mass is 254 g/mol. The highest BCUT2D eigenvalue weighted by atomic mass is 32.1. The van der Waals surface area contributed by atoms with Crippen LogP contribution in [0.1, 0.15) is 31.4 Å². The predicted molar refractivity (Wildman–Crippen MR) is 72.3 cm³/mol. The number of piperidine rings is 1. The number of nitrogens with zero attached hydrogens (tertiary/aromatic N) is 1. The average molecular weight is 254 g/mol. The van der Waals surface area contributed by atoms with Gasteiger partial charge in [-0.05, 0) is 42.2 Å². The molecule has 0 radical (unpaired) electrons. The molecule has 0 aromatic carbocycles. The second-order valence-electron chi connectivity index (χ2n) is 4.50. The van der Waals surface area contributed by atoms with Crippen molar-refractivity contribution >= 4 is 11.3 Å². The molecule has 2 heterocycles. The highest BCUT2D eigenvalue weighted by molar-refractivity contribution is 7.07. The van der Waals surface area contributed by atoms with Crippen LogP contribution in [0.15, 0.2) is 16.8 Å². The van der Waals surface area contributed by atoms with Crippen LogP contribution in [-0.4, -0.2) is 37.2 Å². The van der Waals surface area contributed by atoms with Crippen molar-refractivity contribution in [1.82, 2.24) is 4.90 Å². The maximum absolute atomic E-state index is 5.92. The molecule has 1 aliphatic heterocycles. The van der Waals surface area contributed by atoms with E-state index in [0.717, 1.165) is 32.5 Å². The highest BCUT2D eigenvalue weighted by Gasteiger charge is 2.25. The summed E-state index contributed by atoms with van der Waals surface area (Å²) in [6.07, 6.45) is 2.72. The molecule has 1 aromatic heterocycles. The van der Waals surface area contributed by atoms with Crippen molar-refractivity contribution in [3.05, 3.63) is 22.4 Å². The van der Waals surface area contributed by atoms with Gasteiger partial charge in [-0.15, -0.1) is 0 Å². The largest absolute Gasteiger partial charge is 0.378 e. The van der Waals surface area contributed by atoms with E-state index in [4.69, 9.17) is 10.5 Å². The van der Waals surface area contributed by atoms with Crippen LogP contribution in [0.4, 0.5) is 0 Å². The topological polar surface area (TPSA) is 38.5 Å². The third kappa shape index (κ3) is 3.28. The van der Waals surface area contributed by atoms with Gasteiger partial charge in [0.15, 0.2) is 0 Å². The quantitative estimate of drug-likeness (QED) is 0.876. The van der Waals surface area contributed by atoms with Gasteiger partial charge in [0.25, 0.3) is 0 Å². The molecular formula is C13H22N2OS. The molecule has 1 atom stereocenters. The lowest BCUT2D eigenvalue weighted by atomic mass is 10.0. The summed E-state index contributed by atoms with van der Waals surface area (Å²) in [6, 6.07) is 2.58. The van der Waals surface area contributed by atoms with E-state index in [1.165, 1.54) is 5.56 Å². The molecule has 0 aliphatic carbocycles. The first-order valence-electron chi connectivity index (χ1n) is 6.43. The lowest BCUT2D eigenvalue weighted by Crippen LogP contribution is -2.41. The summed E-state index contributed by atoms with van der Waals surface area (Å²) in [5.41, 5.74) is 7.29. The molecule has 2 rings (SSSR count). The van der Waals surface area contributed by atoms with E-state index in [-0.39, 0.29) is 0 Å². The first-order valence-corrected chi connectivity index (χ1v) is 7.37. The molecule has 3 nitrogen and oxygen atoms in total. The minimum Gasteiger partial charge on any atom is -0.378 e. The summed E-state index contributed by atoms with van der Waals surface area (Å²) in [5.74, 6) is 0. The zero-order valence-electron chi connectivity index (χ0n) is 10.5. The van der Waals surface area contributed by atoms with Crippen molar-refractivity contribution < 1.29 is 4.74 Å². The van der Waals surface area contributed by atoms with Crippen LogP contribution in [0.3, 0.4) is 0 Å². The van der Waals surface area contributed by atoms with Crippen LogP contribution in [-0.2, 0) is 4.74 Å². The van der Waals surface area contributed by atoms with E-state index >= 15 is 0 Å². The van der Waals surface area contributed by atoms with Crippen LogP contribution in [0, 0.1) is 0 Å². The number of hydrogen-bond donors (Lipinski definition) is 1. The molecule has 0 bridgehead atoms. The van der Waals surface area contributed by atoms with E-state index in [0.29, 0.717) is 18.7 Å². The Bertz CT molecular complexity index is 307. The van der Waals surface area contributed by atoms with Gasteiger partial charge in [-0.1, -0.05) is 0 Å². The van der Waals surface area contributed by atoms with E-state index in [1.54, 1.807) is 11.3 Å². The molecule has 4 heteroatoms. The molecule has 0 saturated carbocycles. The summed E-state index contributed by atoms with van der Waals surface area (Å²) in [6.45, 7) is 5.80. The Morgan fingerprint density at radius 1 is 1.53 bits per heavy atom. The standard InChI is InChI=1S/C13H22N2OS/c1-2-16-12-3-6-15(7-4-12)13(9-14)11-5-8-17-10-11/h5,8,10,12-13H,2-4,6-7,9,14H2,1H3. The summed E-state index contributed by atoms with van der Waals surface area (Å²) < 4.78 is 5.68. The van der Waals surface area contributed by atoms with Gasteiger partial charge in [-0.25, -0.2) is 0 Å². The van der Waals surface area contributed by atoms with Gasteiger partial charge in [-0.3, -0.25) is 4.90 Å². The Hall–Kier alpha value is -0.420. The van der Waals surface area contributed by atoms with E-state index in [2.05, 4.69) is 28.7 Å². The van der Waals surface area contributed by atoms with Crippen LogP contribution < -0.4 is 5.73 Å². The normalized spacial score (nSPS) is 20.6. The average Bonchev–Trinajstić information content (AvgIpc) is 2.86. The zero-order valence-corrected chi connectivity index (χ0v) is 11.3. The second-order valence-corrected chi connectivity index (χ2v) is 5.28. The molecule has 96 valence electrons. The van der Waals surface area contributed by atoms with E-state index in [1.807, 2.05) is 0 Å². The van der Waals surface area contributed by atoms with Gasteiger partial charge in [-0.2, -0.15) is 11.3 Å². The molecule has 2 N–H and O–H groups in total. The van der Waals surface area contributed by atoms with Crippen molar-refractivity contribution in [3.8, 4) is 0 Å². The maximum atomic E-state index is 5.92. The molecule has 0 spiro atoms. The van der Waals surface area contributed by atoms with Crippen LogP contribution >= 0.6 is 11.3 Å². The van der Waals surface area contributed by atoms with Crippen molar-refractivity contribution in [2.24, 2.45) is 5.73 Å². The second kappa shape index (κ2) is 6.50. The smallest absolute Gasteiger partial charge is 0.0599 e. The van der Waals surface area contributed by atoms with Crippen molar-refractivity contribution in [3.63, 3.8) is 0 Å². The SMILES string of the molecule is CCOC1CCN(C(CN)c2ccsc2)CC1. The summed E-state index contributed by atoms with van der Waals surface area (Å²) in [4.78, 5) is 2.50. The van der Waals surface area contributed by atoms with Crippen molar-refractivity contribution in [2.75, 3.05) is 26.2 Å². The Balaban J connectivity index is 1.90. The van der Waals surface area contributed by atoms with Gasteiger partial charge in [0.05, 0.1) is 6.10 Å².